The topological polar surface area (TPSA) is 20.8 Å². The van der Waals surface area contributed by atoms with E-state index < -0.39 is 0 Å². The van der Waals surface area contributed by atoms with Gasteiger partial charge in [0.25, 0.3) is 0 Å². The average molecular weight is 274 g/mol. The van der Waals surface area contributed by atoms with Gasteiger partial charge in [0.2, 0.25) is 5.69 Å². The van der Waals surface area contributed by atoms with Gasteiger partial charge in [0.15, 0.2) is 0 Å². The van der Waals surface area contributed by atoms with Crippen LogP contribution in [0.3, 0.4) is 0 Å². The van der Waals surface area contributed by atoms with Crippen LogP contribution >= 0.6 is 0 Å². The van der Waals surface area contributed by atoms with E-state index in [2.05, 4.69) is 59.7 Å². The number of rotatable bonds is 0. The molecule has 0 amide bonds. The van der Waals surface area contributed by atoms with Gasteiger partial charge in [-0.15, -0.1) is 0 Å². The molecule has 0 aliphatic carbocycles. The summed E-state index contributed by atoms with van der Waals surface area (Å²) in [6, 6.07) is 10.9. The lowest BCUT2D eigenvalue weighted by Gasteiger charge is -2.08. The molecule has 2 aliphatic rings. The lowest BCUT2D eigenvalue weighted by atomic mass is 10.0. The Bertz CT molecular complexity index is 960. The van der Waals surface area contributed by atoms with E-state index >= 15 is 0 Å². The van der Waals surface area contributed by atoms with Crippen LogP contribution in [0.1, 0.15) is 22.5 Å². The molecule has 0 saturated heterocycles. The SMILES string of the molecule is Cc1cccc2nc3n(c12)-c1c(ccc2c1[N+](C)=CC2)C3. The van der Waals surface area contributed by atoms with Crippen molar-refractivity contribution in [1.29, 1.82) is 0 Å². The van der Waals surface area contributed by atoms with Crippen molar-refractivity contribution in [2.75, 3.05) is 7.05 Å². The molecule has 0 spiro atoms. The summed E-state index contributed by atoms with van der Waals surface area (Å²) in [5.74, 6) is 1.17. The number of para-hydroxylation sites is 1. The Morgan fingerprint density at radius 3 is 2.90 bits per heavy atom. The van der Waals surface area contributed by atoms with Crippen molar-refractivity contribution in [3.63, 3.8) is 0 Å². The maximum absolute atomic E-state index is 4.85. The summed E-state index contributed by atoms with van der Waals surface area (Å²) in [4.78, 5) is 4.85. The molecule has 0 bridgehead atoms. The van der Waals surface area contributed by atoms with E-state index in [9.17, 15) is 0 Å². The Kier molecular flexibility index (Phi) is 1.94. The second kappa shape index (κ2) is 3.61. The highest BCUT2D eigenvalue weighted by atomic mass is 15.1. The Balaban J connectivity index is 1.96. The second-order valence-corrected chi connectivity index (χ2v) is 6.06. The highest BCUT2D eigenvalue weighted by Gasteiger charge is 2.33. The first-order valence-electron chi connectivity index (χ1n) is 7.42. The van der Waals surface area contributed by atoms with Gasteiger partial charge in [0, 0.05) is 12.0 Å². The van der Waals surface area contributed by atoms with Crippen LogP contribution in [0, 0.1) is 6.92 Å². The number of aryl methyl sites for hydroxylation is 1. The van der Waals surface area contributed by atoms with E-state index in [1.54, 1.807) is 0 Å². The van der Waals surface area contributed by atoms with Crippen LogP contribution in [0.5, 0.6) is 0 Å². The van der Waals surface area contributed by atoms with Crippen LogP contribution < -0.4 is 0 Å². The minimum atomic E-state index is 0.935. The van der Waals surface area contributed by atoms with Gasteiger partial charge in [-0.3, -0.25) is 4.57 Å². The highest BCUT2D eigenvalue weighted by Crippen LogP contribution is 2.41. The molecule has 3 aromatic rings. The summed E-state index contributed by atoms with van der Waals surface area (Å²) in [7, 11) is 2.15. The zero-order chi connectivity index (χ0) is 14.1. The fourth-order valence-corrected chi connectivity index (χ4v) is 3.81. The van der Waals surface area contributed by atoms with Gasteiger partial charge in [0.1, 0.15) is 24.8 Å². The van der Waals surface area contributed by atoms with Crippen molar-refractivity contribution in [2.24, 2.45) is 0 Å². The van der Waals surface area contributed by atoms with Crippen molar-refractivity contribution in [3.05, 3.63) is 52.8 Å². The maximum Gasteiger partial charge on any atom is 0.233 e. The number of hydrogen-bond donors (Lipinski definition) is 0. The number of imidazole rings is 1. The van der Waals surface area contributed by atoms with Crippen molar-refractivity contribution in [2.45, 2.75) is 19.8 Å². The van der Waals surface area contributed by atoms with Crippen molar-refractivity contribution in [1.82, 2.24) is 9.55 Å². The lowest BCUT2D eigenvalue weighted by molar-refractivity contribution is -0.396. The third kappa shape index (κ3) is 1.29. The highest BCUT2D eigenvalue weighted by molar-refractivity contribution is 5.86. The van der Waals surface area contributed by atoms with Gasteiger partial charge in [-0.2, -0.15) is 0 Å². The third-order valence-electron chi connectivity index (χ3n) is 4.78. The monoisotopic (exact) mass is 274 g/mol. The van der Waals surface area contributed by atoms with E-state index in [4.69, 9.17) is 4.98 Å². The minimum Gasteiger partial charge on any atom is -0.289 e. The Hall–Kier alpha value is -2.42. The lowest BCUT2D eigenvalue weighted by Crippen LogP contribution is -2.01. The van der Waals surface area contributed by atoms with E-state index in [0.717, 1.165) is 18.4 Å². The fourth-order valence-electron chi connectivity index (χ4n) is 3.81. The molecule has 0 N–H and O–H groups in total. The predicted molar refractivity (Wildman–Crippen MR) is 84.2 cm³/mol. The van der Waals surface area contributed by atoms with Crippen molar-refractivity contribution >= 4 is 22.9 Å². The van der Waals surface area contributed by atoms with Gasteiger partial charge in [-0.05, 0) is 24.1 Å². The number of nitrogens with zero attached hydrogens (tertiary/aromatic N) is 3. The molecule has 5 rings (SSSR count). The molecule has 3 heteroatoms. The summed E-state index contributed by atoms with van der Waals surface area (Å²) >= 11 is 0. The number of hydrogen-bond acceptors (Lipinski definition) is 1. The van der Waals surface area contributed by atoms with Crippen LogP contribution in [0.15, 0.2) is 30.3 Å². The first-order valence-corrected chi connectivity index (χ1v) is 7.42. The zero-order valence-corrected chi connectivity index (χ0v) is 12.2. The zero-order valence-electron chi connectivity index (χ0n) is 12.2. The minimum absolute atomic E-state index is 0.935. The fraction of sp³-hybridized carbons (Fsp3) is 0.222. The molecular formula is C18H16N3+. The second-order valence-electron chi connectivity index (χ2n) is 6.06. The van der Waals surface area contributed by atoms with E-state index in [-0.39, 0.29) is 0 Å². The summed E-state index contributed by atoms with van der Waals surface area (Å²) in [5, 5.41) is 0. The molecule has 2 aromatic carbocycles. The predicted octanol–water partition coefficient (Wildman–Crippen LogP) is 3.14. The molecule has 0 unspecified atom stereocenters. The molecule has 3 nitrogen and oxygen atoms in total. The van der Waals surface area contributed by atoms with Crippen LogP contribution in [-0.4, -0.2) is 27.4 Å². The molecule has 0 fully saturated rings. The Labute approximate surface area is 123 Å². The molecule has 21 heavy (non-hydrogen) atoms. The number of fused-ring (bicyclic) bond motifs is 7. The van der Waals surface area contributed by atoms with Crippen LogP contribution in [0.4, 0.5) is 5.69 Å². The van der Waals surface area contributed by atoms with Gasteiger partial charge >= 0.3 is 0 Å². The van der Waals surface area contributed by atoms with Crippen molar-refractivity contribution < 1.29 is 4.58 Å². The van der Waals surface area contributed by atoms with Crippen LogP contribution in [-0.2, 0) is 12.8 Å². The summed E-state index contributed by atoms with van der Waals surface area (Å²) in [6.07, 6.45) is 4.22. The molecule has 0 saturated carbocycles. The Morgan fingerprint density at radius 1 is 1.14 bits per heavy atom. The summed E-state index contributed by atoms with van der Waals surface area (Å²) < 4.78 is 4.65. The smallest absolute Gasteiger partial charge is 0.233 e. The number of aromatic nitrogens is 2. The van der Waals surface area contributed by atoms with Gasteiger partial charge in [-0.1, -0.05) is 24.3 Å². The van der Waals surface area contributed by atoms with Crippen molar-refractivity contribution in [3.8, 4) is 5.69 Å². The largest absolute Gasteiger partial charge is 0.289 e. The Morgan fingerprint density at radius 2 is 2.00 bits per heavy atom. The first kappa shape index (κ1) is 11.3. The van der Waals surface area contributed by atoms with Crippen LogP contribution in [0.25, 0.3) is 16.7 Å². The molecule has 0 atom stereocenters. The summed E-state index contributed by atoms with van der Waals surface area (Å²) in [5.41, 5.74) is 9.17. The van der Waals surface area contributed by atoms with E-state index in [0.29, 0.717) is 0 Å². The van der Waals surface area contributed by atoms with Gasteiger partial charge < -0.3 is 0 Å². The van der Waals surface area contributed by atoms with Gasteiger partial charge in [-0.25, -0.2) is 9.56 Å². The molecule has 1 aromatic heterocycles. The standard InChI is InChI=1S/C18H16N3/c1-11-4-3-5-14-16(11)21-15(19-14)10-13-7-6-12-8-9-20(2)17(12)18(13)21/h3-7,9H,8,10H2,1-2H3/q+1. The van der Waals surface area contributed by atoms with E-state index in [1.807, 2.05) is 0 Å². The third-order valence-corrected chi connectivity index (χ3v) is 4.78. The molecule has 0 radical (unpaired) electrons. The molecular weight excluding hydrogens is 258 g/mol. The van der Waals surface area contributed by atoms with Gasteiger partial charge in [0.05, 0.1) is 17.5 Å². The average Bonchev–Trinajstić information content (AvgIpc) is 3.10. The number of benzene rings is 2. The quantitative estimate of drug-likeness (QED) is 0.451. The first-order chi connectivity index (χ1) is 10.2. The maximum atomic E-state index is 4.85. The van der Waals surface area contributed by atoms with E-state index in [1.165, 1.54) is 39.4 Å². The molecule has 102 valence electrons. The molecule has 3 heterocycles. The summed E-state index contributed by atoms with van der Waals surface area (Å²) in [6.45, 7) is 2.17. The van der Waals surface area contributed by atoms with Crippen LogP contribution in [0.2, 0.25) is 0 Å². The normalized spacial score (nSPS) is 15.0. The molecule has 2 aliphatic heterocycles.